The quantitative estimate of drug-likeness (QED) is 0.654. The van der Waals surface area contributed by atoms with E-state index in [1.54, 1.807) is 6.92 Å². The van der Waals surface area contributed by atoms with Crippen LogP contribution in [-0.2, 0) is 19.6 Å². The Balaban J connectivity index is 4.59. The second kappa shape index (κ2) is 6.69. The van der Waals surface area contributed by atoms with Gasteiger partial charge < -0.3 is 10.4 Å². The van der Waals surface area contributed by atoms with Gasteiger partial charge in [0.2, 0.25) is 15.9 Å². The van der Waals surface area contributed by atoms with Crippen molar-refractivity contribution in [2.24, 2.45) is 5.92 Å². The summed E-state index contributed by atoms with van der Waals surface area (Å²) in [5.74, 6) is -1.98. The molecular weight excluding hydrogens is 260 g/mol. The molecular formula is C10H20N2O5S. The van der Waals surface area contributed by atoms with Crippen LogP contribution in [0.1, 0.15) is 20.3 Å². The molecule has 0 rings (SSSR count). The number of aliphatic carboxylic acids is 1. The van der Waals surface area contributed by atoms with Crippen LogP contribution in [0.2, 0.25) is 0 Å². The van der Waals surface area contributed by atoms with Crippen molar-refractivity contribution in [3.8, 4) is 0 Å². The second-order valence-corrected chi connectivity index (χ2v) is 6.38. The zero-order valence-corrected chi connectivity index (χ0v) is 11.8. The number of likely N-dealkylation sites (N-methyl/N-ethyl adjacent to an activating group) is 1. The van der Waals surface area contributed by atoms with E-state index in [0.29, 0.717) is 6.42 Å². The Bertz CT molecular complexity index is 406. The third kappa shape index (κ3) is 5.46. The predicted molar refractivity (Wildman–Crippen MR) is 66.5 cm³/mol. The average molecular weight is 280 g/mol. The van der Waals surface area contributed by atoms with E-state index in [0.717, 1.165) is 10.6 Å². The third-order valence-electron chi connectivity index (χ3n) is 2.73. The summed E-state index contributed by atoms with van der Waals surface area (Å²) >= 11 is 0. The number of carbonyl (C=O) groups is 2. The summed E-state index contributed by atoms with van der Waals surface area (Å²) in [5, 5.41) is 11.3. The smallest absolute Gasteiger partial charge is 0.326 e. The van der Waals surface area contributed by atoms with E-state index < -0.39 is 27.9 Å². The molecule has 7 nitrogen and oxygen atoms in total. The monoisotopic (exact) mass is 280 g/mol. The Hall–Kier alpha value is -1.15. The molecule has 2 atom stereocenters. The van der Waals surface area contributed by atoms with Gasteiger partial charge in [-0.2, -0.15) is 4.31 Å². The molecule has 0 aromatic heterocycles. The normalized spacial score (nSPS) is 15.2. The first kappa shape index (κ1) is 16.9. The third-order valence-corrected chi connectivity index (χ3v) is 3.99. The molecule has 0 aliphatic heterocycles. The molecule has 2 N–H and O–H groups in total. The highest BCUT2D eigenvalue weighted by atomic mass is 32.2. The minimum atomic E-state index is -3.45. The first-order valence-electron chi connectivity index (χ1n) is 5.53. The van der Waals surface area contributed by atoms with E-state index in [4.69, 9.17) is 5.11 Å². The molecule has 0 aromatic carbocycles. The molecule has 0 radical (unpaired) electrons. The summed E-state index contributed by atoms with van der Waals surface area (Å²) in [4.78, 5) is 22.5. The second-order valence-electron chi connectivity index (χ2n) is 4.29. The first-order chi connectivity index (χ1) is 8.09. The summed E-state index contributed by atoms with van der Waals surface area (Å²) in [6.45, 7) is 3.13. The topological polar surface area (TPSA) is 104 Å². The van der Waals surface area contributed by atoms with Crippen LogP contribution in [0.3, 0.4) is 0 Å². The van der Waals surface area contributed by atoms with Crippen molar-refractivity contribution in [1.29, 1.82) is 0 Å². The van der Waals surface area contributed by atoms with Gasteiger partial charge in [0.1, 0.15) is 6.04 Å². The van der Waals surface area contributed by atoms with Gasteiger partial charge in [-0.25, -0.2) is 13.2 Å². The number of hydrogen-bond donors (Lipinski definition) is 2. The first-order valence-corrected chi connectivity index (χ1v) is 7.37. The maximum absolute atomic E-state index is 11.6. The summed E-state index contributed by atoms with van der Waals surface area (Å²) in [6, 6.07) is -1.00. The number of amides is 1. The van der Waals surface area contributed by atoms with Crippen molar-refractivity contribution < 1.29 is 23.1 Å². The van der Waals surface area contributed by atoms with E-state index in [1.165, 1.54) is 7.05 Å². The molecule has 0 bridgehead atoms. The van der Waals surface area contributed by atoms with Crippen molar-refractivity contribution >= 4 is 21.9 Å². The molecule has 106 valence electrons. The van der Waals surface area contributed by atoms with Gasteiger partial charge in [0.25, 0.3) is 0 Å². The highest BCUT2D eigenvalue weighted by molar-refractivity contribution is 7.88. The number of nitrogens with zero attached hydrogens (tertiary/aromatic N) is 1. The van der Waals surface area contributed by atoms with Gasteiger partial charge in [0.05, 0.1) is 12.8 Å². The van der Waals surface area contributed by atoms with Gasteiger partial charge >= 0.3 is 5.97 Å². The minimum absolute atomic E-state index is 0.227. The zero-order chi connectivity index (χ0) is 14.5. The molecule has 0 spiro atoms. The van der Waals surface area contributed by atoms with E-state index in [-0.39, 0.29) is 12.5 Å². The fourth-order valence-electron chi connectivity index (χ4n) is 1.22. The van der Waals surface area contributed by atoms with Gasteiger partial charge in [-0.05, 0) is 5.92 Å². The molecule has 0 heterocycles. The van der Waals surface area contributed by atoms with Gasteiger partial charge in [-0.1, -0.05) is 20.3 Å². The van der Waals surface area contributed by atoms with Gasteiger partial charge in [0.15, 0.2) is 0 Å². The molecule has 0 saturated carbocycles. The Kier molecular flexibility index (Phi) is 6.27. The number of hydrogen-bond acceptors (Lipinski definition) is 4. The lowest BCUT2D eigenvalue weighted by molar-refractivity contribution is -0.143. The molecule has 18 heavy (non-hydrogen) atoms. The Morgan fingerprint density at radius 3 is 2.22 bits per heavy atom. The van der Waals surface area contributed by atoms with Crippen LogP contribution in [0.25, 0.3) is 0 Å². The van der Waals surface area contributed by atoms with Crippen molar-refractivity contribution in [3.63, 3.8) is 0 Å². The van der Waals surface area contributed by atoms with Crippen molar-refractivity contribution in [1.82, 2.24) is 9.62 Å². The fraction of sp³-hybridized carbons (Fsp3) is 0.800. The zero-order valence-electron chi connectivity index (χ0n) is 11.0. The largest absolute Gasteiger partial charge is 0.480 e. The SMILES string of the molecule is CC[C@H](C)[C@H](NC(=O)CN(C)S(C)(=O)=O)C(=O)O. The van der Waals surface area contributed by atoms with Crippen molar-refractivity contribution in [2.45, 2.75) is 26.3 Å². The molecule has 0 unspecified atom stereocenters. The average Bonchev–Trinajstić information content (AvgIpc) is 2.23. The maximum Gasteiger partial charge on any atom is 0.326 e. The van der Waals surface area contributed by atoms with E-state index in [9.17, 15) is 18.0 Å². The molecule has 1 amide bonds. The minimum Gasteiger partial charge on any atom is -0.480 e. The van der Waals surface area contributed by atoms with Crippen LogP contribution in [0.15, 0.2) is 0 Å². The number of sulfonamides is 1. The molecule has 0 fully saturated rings. The predicted octanol–water partition coefficient (Wildman–Crippen LogP) is -0.507. The van der Waals surface area contributed by atoms with Crippen molar-refractivity contribution in [3.05, 3.63) is 0 Å². The van der Waals surface area contributed by atoms with Gasteiger partial charge in [0, 0.05) is 7.05 Å². The molecule has 8 heteroatoms. The highest BCUT2D eigenvalue weighted by Gasteiger charge is 2.26. The molecule has 0 aliphatic carbocycles. The Labute approximate surface area is 107 Å². The van der Waals surface area contributed by atoms with Gasteiger partial charge in [-0.15, -0.1) is 0 Å². The van der Waals surface area contributed by atoms with Gasteiger partial charge in [-0.3, -0.25) is 4.79 Å². The van der Waals surface area contributed by atoms with E-state index >= 15 is 0 Å². The van der Waals surface area contributed by atoms with Crippen molar-refractivity contribution in [2.75, 3.05) is 19.8 Å². The van der Waals surface area contributed by atoms with Crippen LogP contribution in [-0.4, -0.2) is 55.6 Å². The van der Waals surface area contributed by atoms with E-state index in [2.05, 4.69) is 5.32 Å². The van der Waals surface area contributed by atoms with Crippen LogP contribution in [0, 0.1) is 5.92 Å². The van der Waals surface area contributed by atoms with Crippen LogP contribution in [0.5, 0.6) is 0 Å². The number of rotatable bonds is 7. The summed E-state index contributed by atoms with van der Waals surface area (Å²) in [6.07, 6.45) is 1.57. The van der Waals surface area contributed by atoms with E-state index in [1.807, 2.05) is 6.92 Å². The number of nitrogens with one attached hydrogen (secondary N) is 1. The number of carbonyl (C=O) groups excluding carboxylic acids is 1. The lowest BCUT2D eigenvalue weighted by Crippen LogP contribution is -2.48. The maximum atomic E-state index is 11.6. The highest BCUT2D eigenvalue weighted by Crippen LogP contribution is 2.07. The fourth-order valence-corrected chi connectivity index (χ4v) is 1.57. The Morgan fingerprint density at radius 1 is 1.39 bits per heavy atom. The molecule has 0 saturated heterocycles. The van der Waals surface area contributed by atoms with Crippen LogP contribution in [0.4, 0.5) is 0 Å². The van der Waals surface area contributed by atoms with Crippen LogP contribution >= 0.6 is 0 Å². The molecule has 0 aliphatic rings. The number of carboxylic acids is 1. The number of carboxylic acid groups (broad SMARTS) is 1. The lowest BCUT2D eigenvalue weighted by atomic mass is 9.99. The Morgan fingerprint density at radius 2 is 1.89 bits per heavy atom. The lowest BCUT2D eigenvalue weighted by Gasteiger charge is -2.21. The summed E-state index contributed by atoms with van der Waals surface area (Å²) in [7, 11) is -2.20. The molecule has 0 aromatic rings. The standard InChI is InChI=1S/C10H20N2O5S/c1-5-7(2)9(10(14)15)11-8(13)6-12(3)18(4,16)17/h7,9H,5-6H2,1-4H3,(H,11,13)(H,14,15)/t7-,9-/m0/s1. The summed E-state index contributed by atoms with van der Waals surface area (Å²) in [5.41, 5.74) is 0. The van der Waals surface area contributed by atoms with Crippen LogP contribution < -0.4 is 5.32 Å². The summed E-state index contributed by atoms with van der Waals surface area (Å²) < 4.78 is 23.1.